The molecule has 0 aromatic carbocycles. The average Bonchev–Trinajstić information content (AvgIpc) is 4.30. The molecule has 0 fully saturated rings. The molecule has 8 N–H and O–H groups in total. The lowest BCUT2D eigenvalue weighted by Crippen LogP contribution is -2.52. The van der Waals surface area contributed by atoms with Crippen molar-refractivity contribution < 1.29 is 48.5 Å². The highest BCUT2D eigenvalue weighted by molar-refractivity contribution is 7.15. The predicted molar refractivity (Wildman–Crippen MR) is 296 cm³/mol. The van der Waals surface area contributed by atoms with E-state index < -0.39 is 71.4 Å². The van der Waals surface area contributed by atoms with Gasteiger partial charge in [-0.25, -0.2) is 34.9 Å². The van der Waals surface area contributed by atoms with Crippen LogP contribution < -0.4 is 31.9 Å². The van der Waals surface area contributed by atoms with Crippen molar-refractivity contribution in [3.63, 3.8) is 0 Å². The molecule has 6 amide bonds. The number of thiazole rings is 6. The van der Waals surface area contributed by atoms with Crippen molar-refractivity contribution in [1.29, 1.82) is 0 Å². The van der Waals surface area contributed by atoms with Crippen LogP contribution in [0.3, 0.4) is 0 Å². The lowest BCUT2D eigenvalue weighted by molar-refractivity contribution is -0.124. The SMILES string of the molecule is C/C=C1\NC(=O)C(C(C)O)NC(=O)c2csc(n2)-c2ccc(-c3nc(-c4nc(C(=O)N/C(=C/C)C(=O)NCC(C)=O)cs4)cs3)nc2-c2csc(n2)C(C(C)OC)NC(=O)c2csc(n2)C(C(C)(C)O)NC(=O)c2csc1n2. The molecule has 0 aliphatic carbocycles. The Kier molecular flexibility index (Phi) is 17.7. The summed E-state index contributed by atoms with van der Waals surface area (Å²) in [6.07, 6.45) is 0.940. The molecule has 1 aliphatic rings. The molecule has 5 atom stereocenters. The zero-order chi connectivity index (χ0) is 56.2. The Hall–Kier alpha value is -7.22. The molecule has 406 valence electrons. The molecule has 5 unspecified atom stereocenters. The number of carbonyl (C=O) groups excluding carboxylic acids is 7. The van der Waals surface area contributed by atoms with Gasteiger partial charge in [-0.05, 0) is 60.6 Å². The van der Waals surface area contributed by atoms with Crippen molar-refractivity contribution in [3.05, 3.63) is 100 Å². The summed E-state index contributed by atoms with van der Waals surface area (Å²) in [4.78, 5) is 126. The van der Waals surface area contributed by atoms with Crippen molar-refractivity contribution in [3.8, 4) is 43.4 Å². The second-order valence-electron chi connectivity index (χ2n) is 17.8. The number of Topliss-reactive ketones (excluding diaryl/α,β-unsaturated/α-hetero) is 1. The number of allylic oxidation sites excluding steroid dienone is 2. The van der Waals surface area contributed by atoms with Crippen LogP contribution >= 0.6 is 68.0 Å². The fraction of sp³-hybridized carbons (Fsp3) is 0.306. The van der Waals surface area contributed by atoms with Gasteiger partial charge in [0, 0.05) is 45.0 Å². The number of methoxy groups -OCH3 is 1. The van der Waals surface area contributed by atoms with Gasteiger partial charge in [-0.1, -0.05) is 12.2 Å². The standard InChI is InChI=1S/C49H49N13O10S6/c1-9-24(37(65)50-13-20(3)63)52-38(66)28-16-75-46(57-28)32-19-76-45(59-32)26-12-11-23-35(51-26)27-14-77-47(54-27)34(22(5)72-8)61-40(68)30-18-78-48(58-30)36(49(6,7)71)62-41(69)31-17-74-44(56-31)25(10-2)53-42(70)33(21(4)64)60-39(67)29-15-73-43(23)55-29/h9-12,14-19,21-22,33-34,36,64,71H,13H2,1-8H3,(H,50,65)(H,52,66)(H,53,70)(H,60,67)(H,61,68)(H,62,69)/b24-9+,25-10-. The van der Waals surface area contributed by atoms with E-state index >= 15 is 0 Å². The number of aliphatic hydroxyl groups excluding tert-OH is 1. The van der Waals surface area contributed by atoms with Gasteiger partial charge >= 0.3 is 0 Å². The second kappa shape index (κ2) is 24.2. The number of carbonyl (C=O) groups is 7. The van der Waals surface area contributed by atoms with Gasteiger partial charge in [-0.15, -0.1) is 68.0 Å². The Bertz CT molecular complexity index is 3510. The van der Waals surface area contributed by atoms with E-state index in [1.807, 2.05) is 0 Å². The molecule has 0 spiro atoms. The summed E-state index contributed by atoms with van der Waals surface area (Å²) in [6, 6.07) is 0.0561. The maximum Gasteiger partial charge on any atom is 0.275 e. The van der Waals surface area contributed by atoms with Crippen LogP contribution in [-0.4, -0.2) is 124 Å². The fourth-order valence-electron chi connectivity index (χ4n) is 7.30. The molecule has 23 nitrogen and oxygen atoms in total. The van der Waals surface area contributed by atoms with E-state index in [1.54, 1.807) is 49.7 Å². The number of pyridine rings is 1. The molecule has 0 saturated heterocycles. The monoisotopic (exact) mass is 1170 g/mol. The largest absolute Gasteiger partial charge is 0.391 e. The number of nitrogens with zero attached hydrogens (tertiary/aromatic N) is 7. The Morgan fingerprint density at radius 1 is 0.705 bits per heavy atom. The summed E-state index contributed by atoms with van der Waals surface area (Å²) in [7, 11) is 1.49. The van der Waals surface area contributed by atoms with Gasteiger partial charge < -0.3 is 46.9 Å². The number of ether oxygens (including phenoxy) is 1. The Balaban J connectivity index is 1.16. The highest BCUT2D eigenvalue weighted by Gasteiger charge is 2.36. The molecule has 29 heteroatoms. The molecular formula is C49H49N13O10S6. The summed E-state index contributed by atoms with van der Waals surface area (Å²) in [5.74, 6) is -4.35. The number of ketones is 1. The van der Waals surface area contributed by atoms with Crippen LogP contribution in [0.4, 0.5) is 0 Å². The summed E-state index contributed by atoms with van der Waals surface area (Å²) in [5, 5.41) is 49.7. The van der Waals surface area contributed by atoms with Gasteiger partial charge in [0.05, 0.1) is 35.7 Å². The molecule has 78 heavy (non-hydrogen) atoms. The number of nitrogens with one attached hydrogen (secondary N) is 6. The van der Waals surface area contributed by atoms with Crippen LogP contribution in [0.15, 0.2) is 62.3 Å². The maximum atomic E-state index is 14.1. The first kappa shape index (κ1) is 57.0. The van der Waals surface area contributed by atoms with Gasteiger partial charge in [-0.3, -0.25) is 33.6 Å². The minimum atomic E-state index is -1.58. The zero-order valence-electron chi connectivity index (χ0n) is 42.6. The molecule has 7 aromatic heterocycles. The van der Waals surface area contributed by atoms with Gasteiger partial charge in [0.25, 0.3) is 29.5 Å². The maximum absolute atomic E-state index is 14.1. The number of hydrogen-bond acceptors (Lipinski definition) is 23. The van der Waals surface area contributed by atoms with E-state index in [2.05, 4.69) is 51.8 Å². The highest BCUT2D eigenvalue weighted by atomic mass is 32.1. The van der Waals surface area contributed by atoms with Gasteiger partial charge in [0.15, 0.2) is 0 Å². The lowest BCUT2D eigenvalue weighted by atomic mass is 9.99. The van der Waals surface area contributed by atoms with Crippen LogP contribution in [0.25, 0.3) is 49.1 Å². The predicted octanol–water partition coefficient (Wildman–Crippen LogP) is 5.55. The van der Waals surface area contributed by atoms with Crippen molar-refractivity contribution in [2.75, 3.05) is 13.7 Å². The molecule has 8 bridgehead atoms. The van der Waals surface area contributed by atoms with E-state index in [0.717, 1.165) is 45.3 Å². The Morgan fingerprint density at radius 3 is 1.94 bits per heavy atom. The summed E-state index contributed by atoms with van der Waals surface area (Å²) in [6.45, 7) is 10.4. The molecule has 8 rings (SSSR count). The smallest absolute Gasteiger partial charge is 0.275 e. The molecule has 8 heterocycles. The number of aromatic nitrogens is 7. The first-order valence-corrected chi connectivity index (χ1v) is 28.8. The highest BCUT2D eigenvalue weighted by Crippen LogP contribution is 2.39. The normalized spacial score (nSPS) is 18.0. The average molecular weight is 1170 g/mol. The van der Waals surface area contributed by atoms with Gasteiger partial charge in [-0.2, -0.15) is 0 Å². The number of aliphatic hydroxyl groups is 2. The Morgan fingerprint density at radius 2 is 1.27 bits per heavy atom. The topological polar surface area (TPSA) is 332 Å². The summed E-state index contributed by atoms with van der Waals surface area (Å²) < 4.78 is 5.75. The molecule has 7 aromatic rings. The Labute approximate surface area is 468 Å². The first-order chi connectivity index (χ1) is 37.1. The van der Waals surface area contributed by atoms with Crippen LogP contribution in [0.2, 0.25) is 0 Å². The summed E-state index contributed by atoms with van der Waals surface area (Å²) >= 11 is 6.84. The zero-order valence-corrected chi connectivity index (χ0v) is 47.5. The quantitative estimate of drug-likeness (QED) is 0.0737. The number of fused-ring (bicyclic) bond motifs is 11. The minimum Gasteiger partial charge on any atom is -0.391 e. The fourth-order valence-corrected chi connectivity index (χ4v) is 12.5. The molecule has 1 aliphatic heterocycles. The van der Waals surface area contributed by atoms with Crippen molar-refractivity contribution >= 4 is 115 Å². The summed E-state index contributed by atoms with van der Waals surface area (Å²) in [5.41, 5.74) is 0.461. The van der Waals surface area contributed by atoms with Gasteiger partial charge in [0.1, 0.15) is 99.5 Å². The van der Waals surface area contributed by atoms with Crippen LogP contribution in [0.1, 0.15) is 118 Å². The second-order valence-corrected chi connectivity index (χ2v) is 23.0. The van der Waals surface area contributed by atoms with Crippen molar-refractivity contribution in [2.45, 2.75) is 84.4 Å². The molecule has 0 radical (unpaired) electrons. The third-order valence-corrected chi connectivity index (χ3v) is 16.8. The number of amides is 6. The van der Waals surface area contributed by atoms with Crippen LogP contribution in [0, 0.1) is 0 Å². The third-order valence-electron chi connectivity index (χ3n) is 11.5. The molecular weight excluding hydrogens is 1120 g/mol. The number of hydrogen-bond donors (Lipinski definition) is 8. The number of rotatable bonds is 11. The van der Waals surface area contributed by atoms with Gasteiger partial charge in [0.2, 0.25) is 5.91 Å². The van der Waals surface area contributed by atoms with Crippen molar-refractivity contribution in [1.82, 2.24) is 66.8 Å². The van der Waals surface area contributed by atoms with Crippen LogP contribution in [0.5, 0.6) is 0 Å². The minimum absolute atomic E-state index is 0.000422. The van der Waals surface area contributed by atoms with E-state index in [9.17, 15) is 43.8 Å². The molecule has 0 saturated carbocycles. The lowest BCUT2D eigenvalue weighted by Gasteiger charge is -2.28. The third kappa shape index (κ3) is 12.9. The van der Waals surface area contributed by atoms with E-state index in [1.165, 1.54) is 85.1 Å². The van der Waals surface area contributed by atoms with Crippen molar-refractivity contribution in [2.24, 2.45) is 0 Å². The van der Waals surface area contributed by atoms with E-state index in [-0.39, 0.29) is 56.5 Å². The first-order valence-electron chi connectivity index (χ1n) is 23.5. The van der Waals surface area contributed by atoms with E-state index in [0.29, 0.717) is 48.4 Å². The van der Waals surface area contributed by atoms with E-state index in [4.69, 9.17) is 19.7 Å². The van der Waals surface area contributed by atoms with Crippen LogP contribution in [-0.2, 0) is 19.1 Å².